The summed E-state index contributed by atoms with van der Waals surface area (Å²) in [6, 6.07) is 8.53. The van der Waals surface area contributed by atoms with Crippen LogP contribution in [0, 0.1) is 0 Å². The first-order valence-electron chi connectivity index (χ1n) is 7.88. The molecule has 1 aliphatic heterocycles. The molecule has 1 aromatic rings. The van der Waals surface area contributed by atoms with Crippen LogP contribution in [0.2, 0.25) is 0 Å². The zero-order chi connectivity index (χ0) is 14.2. The van der Waals surface area contributed by atoms with Gasteiger partial charge in [-0.3, -0.25) is 0 Å². The van der Waals surface area contributed by atoms with Crippen LogP contribution in [0.15, 0.2) is 24.3 Å². The Morgan fingerprint density at radius 2 is 2.00 bits per heavy atom. The maximum atomic E-state index is 6.01. The maximum absolute atomic E-state index is 6.01. The fourth-order valence-electron chi connectivity index (χ4n) is 2.55. The molecule has 0 bridgehead atoms. The largest absolute Gasteiger partial charge is 0.494 e. The molecular formula is C17H27NO2. The molecule has 2 rings (SSSR count). The molecule has 0 amide bonds. The fraction of sp³-hybridized carbons (Fsp3) is 0.647. The third-order valence-corrected chi connectivity index (χ3v) is 3.89. The van der Waals surface area contributed by atoms with E-state index in [0.717, 1.165) is 38.2 Å². The average molecular weight is 277 g/mol. The van der Waals surface area contributed by atoms with Crippen LogP contribution in [0.3, 0.4) is 0 Å². The zero-order valence-electron chi connectivity index (χ0n) is 12.5. The SMILES string of the molecule is CCCCCCOc1ccc(CC2OCCC2N)cc1. The van der Waals surface area contributed by atoms with E-state index in [1.807, 2.05) is 0 Å². The molecular weight excluding hydrogens is 250 g/mol. The molecule has 2 N–H and O–H groups in total. The number of benzene rings is 1. The van der Waals surface area contributed by atoms with E-state index in [9.17, 15) is 0 Å². The van der Waals surface area contributed by atoms with Crippen LogP contribution in [0.1, 0.15) is 44.6 Å². The van der Waals surface area contributed by atoms with Crippen molar-refractivity contribution < 1.29 is 9.47 Å². The number of ether oxygens (including phenoxy) is 2. The van der Waals surface area contributed by atoms with Gasteiger partial charge in [-0.1, -0.05) is 38.3 Å². The Hall–Kier alpha value is -1.06. The smallest absolute Gasteiger partial charge is 0.119 e. The van der Waals surface area contributed by atoms with Gasteiger partial charge in [0, 0.05) is 19.1 Å². The summed E-state index contributed by atoms with van der Waals surface area (Å²) >= 11 is 0. The van der Waals surface area contributed by atoms with Gasteiger partial charge in [0.05, 0.1) is 12.7 Å². The lowest BCUT2D eigenvalue weighted by Crippen LogP contribution is -2.31. The topological polar surface area (TPSA) is 44.5 Å². The Kier molecular flexibility index (Phi) is 6.34. The summed E-state index contributed by atoms with van der Waals surface area (Å²) in [4.78, 5) is 0. The standard InChI is InChI=1S/C17H27NO2/c1-2-3-4-5-11-19-15-8-6-14(7-9-15)13-17-16(18)10-12-20-17/h6-9,16-17H,2-5,10-13,18H2,1H3. The van der Waals surface area contributed by atoms with E-state index in [1.54, 1.807) is 0 Å². The number of hydrogen-bond donors (Lipinski definition) is 1. The minimum absolute atomic E-state index is 0.177. The lowest BCUT2D eigenvalue weighted by atomic mass is 10.0. The van der Waals surface area contributed by atoms with E-state index in [-0.39, 0.29) is 12.1 Å². The quantitative estimate of drug-likeness (QED) is 0.741. The van der Waals surface area contributed by atoms with E-state index in [1.165, 1.54) is 24.8 Å². The molecule has 0 aromatic heterocycles. The third-order valence-electron chi connectivity index (χ3n) is 3.89. The second kappa shape index (κ2) is 8.28. The van der Waals surface area contributed by atoms with Crippen LogP contribution in [-0.4, -0.2) is 25.4 Å². The molecule has 112 valence electrons. The van der Waals surface area contributed by atoms with E-state index < -0.39 is 0 Å². The minimum atomic E-state index is 0.177. The van der Waals surface area contributed by atoms with Crippen molar-refractivity contribution in [2.75, 3.05) is 13.2 Å². The molecule has 20 heavy (non-hydrogen) atoms. The number of rotatable bonds is 8. The highest BCUT2D eigenvalue weighted by molar-refractivity contribution is 5.27. The van der Waals surface area contributed by atoms with E-state index in [4.69, 9.17) is 15.2 Å². The first-order chi connectivity index (χ1) is 9.79. The Balaban J connectivity index is 1.72. The molecule has 1 fully saturated rings. The minimum Gasteiger partial charge on any atom is -0.494 e. The van der Waals surface area contributed by atoms with Gasteiger partial charge in [0.2, 0.25) is 0 Å². The maximum Gasteiger partial charge on any atom is 0.119 e. The summed E-state index contributed by atoms with van der Waals surface area (Å²) in [5, 5.41) is 0. The number of nitrogens with two attached hydrogens (primary N) is 1. The molecule has 0 radical (unpaired) electrons. The van der Waals surface area contributed by atoms with E-state index in [0.29, 0.717) is 0 Å². The molecule has 3 heteroatoms. The number of unbranched alkanes of at least 4 members (excludes halogenated alkanes) is 3. The second-order valence-electron chi connectivity index (χ2n) is 5.62. The van der Waals surface area contributed by atoms with Gasteiger partial charge in [0.25, 0.3) is 0 Å². The van der Waals surface area contributed by atoms with Gasteiger partial charge in [-0.15, -0.1) is 0 Å². The molecule has 1 saturated heterocycles. The first kappa shape index (κ1) is 15.3. The molecule has 2 unspecified atom stereocenters. The summed E-state index contributed by atoms with van der Waals surface area (Å²) in [7, 11) is 0. The molecule has 0 spiro atoms. The zero-order valence-corrected chi connectivity index (χ0v) is 12.5. The van der Waals surface area contributed by atoms with Crippen molar-refractivity contribution in [2.45, 2.75) is 57.6 Å². The molecule has 3 nitrogen and oxygen atoms in total. The van der Waals surface area contributed by atoms with Crippen LogP contribution in [0.4, 0.5) is 0 Å². The van der Waals surface area contributed by atoms with Gasteiger partial charge in [-0.2, -0.15) is 0 Å². The Morgan fingerprint density at radius 3 is 2.65 bits per heavy atom. The van der Waals surface area contributed by atoms with Gasteiger partial charge >= 0.3 is 0 Å². The van der Waals surface area contributed by atoms with Gasteiger partial charge in [-0.25, -0.2) is 0 Å². The van der Waals surface area contributed by atoms with Gasteiger partial charge in [0.15, 0.2) is 0 Å². The lowest BCUT2D eigenvalue weighted by Gasteiger charge is -2.14. The highest BCUT2D eigenvalue weighted by Gasteiger charge is 2.24. The van der Waals surface area contributed by atoms with Gasteiger partial charge in [-0.05, 0) is 30.5 Å². The normalized spacial score (nSPS) is 22.1. The monoisotopic (exact) mass is 277 g/mol. The van der Waals surface area contributed by atoms with Crippen molar-refractivity contribution >= 4 is 0 Å². The molecule has 0 saturated carbocycles. The second-order valence-corrected chi connectivity index (χ2v) is 5.62. The summed E-state index contributed by atoms with van der Waals surface area (Å²) in [6.45, 7) is 3.83. The van der Waals surface area contributed by atoms with Crippen molar-refractivity contribution in [1.29, 1.82) is 0 Å². The molecule has 1 aromatic carbocycles. The molecule has 0 aliphatic carbocycles. The highest BCUT2D eigenvalue weighted by Crippen LogP contribution is 2.19. The van der Waals surface area contributed by atoms with Crippen LogP contribution < -0.4 is 10.5 Å². The first-order valence-corrected chi connectivity index (χ1v) is 7.88. The Bertz CT molecular complexity index is 377. The molecule has 1 aliphatic rings. The summed E-state index contributed by atoms with van der Waals surface area (Å²) < 4.78 is 11.4. The highest BCUT2D eigenvalue weighted by atomic mass is 16.5. The third kappa shape index (κ3) is 4.80. The predicted molar refractivity (Wildman–Crippen MR) is 82.1 cm³/mol. The van der Waals surface area contributed by atoms with Crippen LogP contribution in [-0.2, 0) is 11.2 Å². The molecule has 2 atom stereocenters. The van der Waals surface area contributed by atoms with Crippen molar-refractivity contribution in [2.24, 2.45) is 5.73 Å². The summed E-state index contributed by atoms with van der Waals surface area (Å²) in [6.07, 6.45) is 7.01. The summed E-state index contributed by atoms with van der Waals surface area (Å²) in [5.41, 5.74) is 7.28. The van der Waals surface area contributed by atoms with Crippen molar-refractivity contribution in [3.63, 3.8) is 0 Å². The summed E-state index contributed by atoms with van der Waals surface area (Å²) in [5.74, 6) is 0.960. The lowest BCUT2D eigenvalue weighted by molar-refractivity contribution is 0.105. The van der Waals surface area contributed by atoms with E-state index in [2.05, 4.69) is 31.2 Å². The fourth-order valence-corrected chi connectivity index (χ4v) is 2.55. The average Bonchev–Trinajstić information content (AvgIpc) is 2.86. The predicted octanol–water partition coefficient (Wildman–Crippen LogP) is 3.30. The van der Waals surface area contributed by atoms with Crippen LogP contribution in [0.25, 0.3) is 0 Å². The van der Waals surface area contributed by atoms with E-state index >= 15 is 0 Å². The van der Waals surface area contributed by atoms with Crippen molar-refractivity contribution in [1.82, 2.24) is 0 Å². The Morgan fingerprint density at radius 1 is 1.20 bits per heavy atom. The van der Waals surface area contributed by atoms with Crippen molar-refractivity contribution in [3.05, 3.63) is 29.8 Å². The molecule has 1 heterocycles. The van der Waals surface area contributed by atoms with Crippen LogP contribution in [0.5, 0.6) is 5.75 Å². The van der Waals surface area contributed by atoms with Crippen molar-refractivity contribution in [3.8, 4) is 5.75 Å². The number of hydrogen-bond acceptors (Lipinski definition) is 3. The van der Waals surface area contributed by atoms with Gasteiger partial charge < -0.3 is 15.2 Å². The Labute approximate surface area is 122 Å². The van der Waals surface area contributed by atoms with Crippen LogP contribution >= 0.6 is 0 Å². The van der Waals surface area contributed by atoms with Gasteiger partial charge in [0.1, 0.15) is 5.75 Å².